The van der Waals surface area contributed by atoms with Crippen LogP contribution in [-0.2, 0) is 11.3 Å². The van der Waals surface area contributed by atoms with Gasteiger partial charge in [-0.2, -0.15) is 0 Å². The minimum Gasteiger partial charge on any atom is -0.495 e. The Hall–Kier alpha value is -1.30. The van der Waals surface area contributed by atoms with Crippen LogP contribution in [0.2, 0.25) is 5.02 Å². The molecule has 6 heteroatoms. The van der Waals surface area contributed by atoms with Crippen LogP contribution in [0.25, 0.3) is 0 Å². The topological polar surface area (TPSA) is 67.6 Å². The second-order valence-corrected chi connectivity index (χ2v) is 6.03. The highest BCUT2D eigenvalue weighted by atomic mass is 35.5. The largest absolute Gasteiger partial charge is 0.495 e. The first-order valence-electron chi connectivity index (χ1n) is 7.66. The summed E-state index contributed by atoms with van der Waals surface area (Å²) < 4.78 is 5.17. The summed E-state index contributed by atoms with van der Waals surface area (Å²) in [5.41, 5.74) is 6.56. The van der Waals surface area contributed by atoms with E-state index in [0.29, 0.717) is 23.9 Å². The molecule has 1 aromatic carbocycles. The predicted molar refractivity (Wildman–Crippen MR) is 88.1 cm³/mol. The molecular weight excluding hydrogens is 302 g/mol. The van der Waals surface area contributed by atoms with Crippen LogP contribution in [0.1, 0.15) is 18.4 Å². The molecule has 5 nitrogen and oxygen atoms in total. The van der Waals surface area contributed by atoms with Crippen LogP contribution in [-0.4, -0.2) is 44.1 Å². The van der Waals surface area contributed by atoms with Crippen LogP contribution < -0.4 is 15.8 Å². The summed E-state index contributed by atoms with van der Waals surface area (Å²) in [6.07, 6.45) is 1.97. The summed E-state index contributed by atoms with van der Waals surface area (Å²) in [6, 6.07) is 5.83. The number of piperidine rings is 1. The molecule has 0 aliphatic carbocycles. The van der Waals surface area contributed by atoms with Crippen LogP contribution in [0.15, 0.2) is 18.2 Å². The van der Waals surface area contributed by atoms with Crippen molar-refractivity contribution in [2.45, 2.75) is 19.4 Å². The molecule has 0 spiro atoms. The molecule has 1 fully saturated rings. The Morgan fingerprint density at radius 2 is 2.36 bits per heavy atom. The zero-order chi connectivity index (χ0) is 15.9. The minimum absolute atomic E-state index is 0.0500. The maximum atomic E-state index is 12.1. The van der Waals surface area contributed by atoms with Gasteiger partial charge in [0.25, 0.3) is 0 Å². The number of amides is 1. The maximum absolute atomic E-state index is 12.1. The van der Waals surface area contributed by atoms with Gasteiger partial charge < -0.3 is 15.8 Å². The normalized spacial score (nSPS) is 19.0. The van der Waals surface area contributed by atoms with Crippen molar-refractivity contribution in [2.75, 3.05) is 33.3 Å². The number of nitrogens with one attached hydrogen (secondary N) is 1. The monoisotopic (exact) mass is 325 g/mol. The van der Waals surface area contributed by atoms with E-state index in [2.05, 4.69) is 10.2 Å². The lowest BCUT2D eigenvalue weighted by Crippen LogP contribution is -2.43. The fourth-order valence-electron chi connectivity index (χ4n) is 2.82. The molecule has 1 unspecified atom stereocenters. The number of hydrogen-bond donors (Lipinski definition) is 2. The van der Waals surface area contributed by atoms with Gasteiger partial charge in [0, 0.05) is 26.2 Å². The van der Waals surface area contributed by atoms with Crippen molar-refractivity contribution in [2.24, 2.45) is 11.7 Å². The number of likely N-dealkylation sites (tertiary alicyclic amines) is 1. The molecular formula is C16H24ClN3O2. The molecule has 3 N–H and O–H groups in total. The summed E-state index contributed by atoms with van der Waals surface area (Å²) >= 11 is 6.16. The van der Waals surface area contributed by atoms with Crippen LogP contribution in [0.3, 0.4) is 0 Å². The van der Waals surface area contributed by atoms with Crippen LogP contribution in [0.5, 0.6) is 5.75 Å². The summed E-state index contributed by atoms with van der Waals surface area (Å²) in [5.74, 6) is 0.847. The third-order valence-corrected chi connectivity index (χ3v) is 4.24. The van der Waals surface area contributed by atoms with Crippen molar-refractivity contribution in [1.29, 1.82) is 0 Å². The summed E-state index contributed by atoms with van der Waals surface area (Å²) in [5, 5.41) is 3.50. The molecule has 0 aromatic heterocycles. The Balaban J connectivity index is 1.92. The van der Waals surface area contributed by atoms with E-state index in [1.165, 1.54) is 0 Å². The zero-order valence-corrected chi connectivity index (χ0v) is 13.7. The molecule has 1 atom stereocenters. The summed E-state index contributed by atoms with van der Waals surface area (Å²) in [4.78, 5) is 14.4. The molecule has 1 amide bonds. The Bertz CT molecular complexity index is 510. The summed E-state index contributed by atoms with van der Waals surface area (Å²) in [6.45, 7) is 3.60. The number of carbonyl (C=O) groups is 1. The molecule has 1 heterocycles. The summed E-state index contributed by atoms with van der Waals surface area (Å²) in [7, 11) is 1.61. The first kappa shape index (κ1) is 17.1. The third-order valence-electron chi connectivity index (χ3n) is 3.94. The maximum Gasteiger partial charge on any atom is 0.224 e. The molecule has 0 bridgehead atoms. The standard InChI is InChI=1S/C16H24ClN3O2/c1-22-15-5-4-12(9-14(15)17)10-20-8-2-3-13(11-20)16(21)19-7-6-18/h4-5,9,13H,2-3,6-8,10-11,18H2,1H3,(H,19,21). The molecule has 1 aliphatic heterocycles. The number of nitrogens with two attached hydrogens (primary N) is 1. The average Bonchev–Trinajstić information content (AvgIpc) is 2.53. The van der Waals surface area contributed by atoms with Gasteiger partial charge in [0.05, 0.1) is 18.1 Å². The van der Waals surface area contributed by atoms with Gasteiger partial charge in [-0.15, -0.1) is 0 Å². The smallest absolute Gasteiger partial charge is 0.224 e. The Morgan fingerprint density at radius 1 is 1.55 bits per heavy atom. The van der Waals surface area contributed by atoms with E-state index < -0.39 is 0 Å². The van der Waals surface area contributed by atoms with Crippen molar-refractivity contribution in [1.82, 2.24) is 10.2 Å². The molecule has 0 radical (unpaired) electrons. The Morgan fingerprint density at radius 3 is 3.05 bits per heavy atom. The lowest BCUT2D eigenvalue weighted by molar-refractivity contribution is -0.126. The lowest BCUT2D eigenvalue weighted by atomic mass is 9.96. The van der Waals surface area contributed by atoms with Gasteiger partial charge in [0.15, 0.2) is 0 Å². The van der Waals surface area contributed by atoms with E-state index >= 15 is 0 Å². The highest BCUT2D eigenvalue weighted by Crippen LogP contribution is 2.26. The van der Waals surface area contributed by atoms with Crippen LogP contribution in [0, 0.1) is 5.92 Å². The van der Waals surface area contributed by atoms with Gasteiger partial charge in [0.2, 0.25) is 5.91 Å². The van der Waals surface area contributed by atoms with E-state index in [0.717, 1.165) is 38.0 Å². The first-order chi connectivity index (χ1) is 10.6. The quantitative estimate of drug-likeness (QED) is 0.834. The molecule has 1 aliphatic rings. The first-order valence-corrected chi connectivity index (χ1v) is 8.04. The van der Waals surface area contributed by atoms with E-state index in [1.807, 2.05) is 18.2 Å². The zero-order valence-electron chi connectivity index (χ0n) is 13.0. The third kappa shape index (κ3) is 4.60. The average molecular weight is 326 g/mol. The van der Waals surface area contributed by atoms with Crippen LogP contribution in [0.4, 0.5) is 0 Å². The highest BCUT2D eigenvalue weighted by Gasteiger charge is 2.25. The van der Waals surface area contributed by atoms with E-state index in [1.54, 1.807) is 7.11 Å². The van der Waals surface area contributed by atoms with Gasteiger partial charge in [-0.05, 0) is 37.1 Å². The van der Waals surface area contributed by atoms with Crippen molar-refractivity contribution >= 4 is 17.5 Å². The van der Waals surface area contributed by atoms with Gasteiger partial charge >= 0.3 is 0 Å². The fraction of sp³-hybridized carbons (Fsp3) is 0.562. The van der Waals surface area contributed by atoms with Crippen molar-refractivity contribution in [3.05, 3.63) is 28.8 Å². The number of benzene rings is 1. The number of rotatable bonds is 6. The highest BCUT2D eigenvalue weighted by molar-refractivity contribution is 6.32. The fourth-order valence-corrected chi connectivity index (χ4v) is 3.10. The second-order valence-electron chi connectivity index (χ2n) is 5.62. The number of carbonyl (C=O) groups excluding carboxylic acids is 1. The number of halogens is 1. The van der Waals surface area contributed by atoms with Gasteiger partial charge in [-0.1, -0.05) is 17.7 Å². The van der Waals surface area contributed by atoms with Crippen LogP contribution >= 0.6 is 11.6 Å². The van der Waals surface area contributed by atoms with Gasteiger partial charge in [-0.25, -0.2) is 0 Å². The molecule has 0 saturated carbocycles. The number of methoxy groups -OCH3 is 1. The van der Waals surface area contributed by atoms with E-state index in [4.69, 9.17) is 22.1 Å². The number of ether oxygens (including phenoxy) is 1. The van der Waals surface area contributed by atoms with Gasteiger partial charge in [-0.3, -0.25) is 9.69 Å². The van der Waals surface area contributed by atoms with E-state index in [-0.39, 0.29) is 11.8 Å². The second kappa shape index (κ2) is 8.36. The Kier molecular flexibility index (Phi) is 6.49. The SMILES string of the molecule is COc1ccc(CN2CCCC(C(=O)NCCN)C2)cc1Cl. The van der Waals surface area contributed by atoms with Crippen molar-refractivity contribution in [3.8, 4) is 5.75 Å². The minimum atomic E-state index is 0.0500. The number of nitrogens with zero attached hydrogens (tertiary/aromatic N) is 1. The van der Waals surface area contributed by atoms with Crippen molar-refractivity contribution < 1.29 is 9.53 Å². The predicted octanol–water partition coefficient (Wildman–Crippen LogP) is 1.64. The Labute approximate surface area is 136 Å². The lowest BCUT2D eigenvalue weighted by Gasteiger charge is -2.32. The van der Waals surface area contributed by atoms with Gasteiger partial charge in [0.1, 0.15) is 5.75 Å². The molecule has 1 saturated heterocycles. The molecule has 2 rings (SSSR count). The molecule has 122 valence electrons. The molecule has 1 aromatic rings. The molecule has 22 heavy (non-hydrogen) atoms. The number of hydrogen-bond acceptors (Lipinski definition) is 4. The van der Waals surface area contributed by atoms with E-state index in [9.17, 15) is 4.79 Å². The van der Waals surface area contributed by atoms with Crippen molar-refractivity contribution in [3.63, 3.8) is 0 Å².